The van der Waals surface area contributed by atoms with Gasteiger partial charge >= 0.3 is 93.7 Å². The summed E-state index contributed by atoms with van der Waals surface area (Å²) in [5, 5.41) is 8.33. The fourth-order valence-corrected chi connectivity index (χ4v) is 2.39. The van der Waals surface area contributed by atoms with Gasteiger partial charge in [0.1, 0.15) is 0 Å². The Balaban J connectivity index is 2.69. The van der Waals surface area contributed by atoms with Crippen LogP contribution in [0.5, 0.6) is 5.75 Å². The molecule has 4 N–H and O–H groups in total. The van der Waals surface area contributed by atoms with E-state index in [2.05, 4.69) is 7.45 Å². The van der Waals surface area contributed by atoms with E-state index in [-0.39, 0.29) is 5.75 Å². The number of hydrogen-bond donors (Lipinski definition) is 3. The van der Waals surface area contributed by atoms with Crippen LogP contribution in [0.15, 0.2) is 24.3 Å². The molecule has 8 heteroatoms. The molecule has 1 atom stereocenters. The van der Waals surface area contributed by atoms with E-state index >= 15 is 0 Å². The molecule has 0 aromatic heterocycles. The van der Waals surface area contributed by atoms with Crippen molar-refractivity contribution >= 4 is 26.2 Å². The van der Waals surface area contributed by atoms with Crippen LogP contribution in [0.1, 0.15) is 0 Å². The number of carbonyl (C=O) groups excluding carboxylic acids is 1. The Hall–Kier alpha value is -1.43. The van der Waals surface area contributed by atoms with Gasteiger partial charge in [-0.25, -0.2) is 0 Å². The minimum absolute atomic E-state index is 0.0462. The van der Waals surface area contributed by atoms with Gasteiger partial charge in [0.15, 0.2) is 0 Å². The second kappa shape index (κ2) is 5.07. The van der Waals surface area contributed by atoms with E-state index in [0.29, 0.717) is 5.69 Å². The third kappa shape index (κ3) is 3.98. The van der Waals surface area contributed by atoms with Crippen LogP contribution < -0.4 is 9.46 Å². The Bertz CT molecular complexity index is 417. The van der Waals surface area contributed by atoms with Gasteiger partial charge in [-0.2, -0.15) is 0 Å². The van der Waals surface area contributed by atoms with Crippen LogP contribution in [-0.2, 0) is 12.3 Å². The summed E-state index contributed by atoms with van der Waals surface area (Å²) >= 11 is -5.19. The van der Waals surface area contributed by atoms with Crippen molar-refractivity contribution in [1.82, 2.24) is 0 Å². The summed E-state index contributed by atoms with van der Waals surface area (Å²) in [7, 11) is 0. The predicted octanol–water partition coefficient (Wildman–Crippen LogP) is -0.959. The normalized spacial score (nSPS) is 13.9. The van der Waals surface area contributed by atoms with E-state index in [9.17, 15) is 8.53 Å². The first-order chi connectivity index (χ1) is 7.43. The van der Waals surface area contributed by atoms with E-state index in [1.165, 1.54) is 24.3 Å². The molecule has 0 radical (unpaired) electrons. The molecule has 0 saturated carbocycles. The van der Waals surface area contributed by atoms with Gasteiger partial charge in [-0.3, -0.25) is 0 Å². The van der Waals surface area contributed by atoms with Crippen LogP contribution in [0.2, 0.25) is 0 Å². The molecule has 0 spiro atoms. The molecule has 0 aliphatic carbocycles. The number of carbonyl (C=O) groups is 1. The Morgan fingerprint density at radius 1 is 1.38 bits per heavy atom. The third-order valence-corrected chi connectivity index (χ3v) is 3.28. The number of anilines is 1. The van der Waals surface area contributed by atoms with Crippen molar-refractivity contribution in [3.05, 3.63) is 24.3 Å². The maximum atomic E-state index is 11.2. The van der Waals surface area contributed by atoms with Crippen molar-refractivity contribution < 1.29 is 25.2 Å². The maximum absolute atomic E-state index is 11.2. The summed E-state index contributed by atoms with van der Waals surface area (Å²) in [6.07, 6.45) is 0. The minimum atomic E-state index is -5.19. The first-order valence-corrected chi connectivity index (χ1v) is 7.28. The Labute approximate surface area is 94.1 Å². The van der Waals surface area contributed by atoms with E-state index < -0.39 is 27.1 Å². The number of nitrogens with two attached hydrogens (primary N) is 1. The van der Waals surface area contributed by atoms with Crippen LogP contribution in [0.4, 0.5) is 5.69 Å². The number of benzene rings is 1. The second-order valence-electron chi connectivity index (χ2n) is 2.75. The predicted molar refractivity (Wildman–Crippen MR) is 53.3 cm³/mol. The van der Waals surface area contributed by atoms with Crippen LogP contribution in [0.3, 0.4) is 0 Å². The zero-order chi connectivity index (χ0) is 12.2. The first-order valence-electron chi connectivity index (χ1n) is 4.14. The van der Waals surface area contributed by atoms with E-state index in [1.807, 2.05) is 0 Å². The van der Waals surface area contributed by atoms with E-state index in [4.69, 9.17) is 14.9 Å². The molecule has 0 saturated heterocycles. The van der Waals surface area contributed by atoms with Gasteiger partial charge in [-0.05, 0) is 0 Å². The quantitative estimate of drug-likeness (QED) is 0.483. The van der Waals surface area contributed by atoms with Crippen molar-refractivity contribution in [2.45, 2.75) is 0 Å². The molecule has 1 rings (SSSR count). The molecule has 88 valence electrons. The number of rotatable bonds is 4. The third-order valence-electron chi connectivity index (χ3n) is 1.45. The number of hydrogen-bond acceptors (Lipinski definition) is 6. The molecule has 0 heterocycles. The summed E-state index contributed by atoms with van der Waals surface area (Å²) in [6, 6.07) is 5.62. The molecule has 0 fully saturated rings. The van der Waals surface area contributed by atoms with Crippen molar-refractivity contribution in [1.29, 1.82) is 0 Å². The van der Waals surface area contributed by atoms with Crippen molar-refractivity contribution in [2.24, 2.45) is 0 Å². The molecule has 0 aliphatic rings. The standard InChI is InChI=1S/C8H10AsNO6/c10-6-1-3-7(4-2-6)15-9(13,14)16-8(12)5-11/h1-4,11H,5,10H2,(H,13,14). The van der Waals surface area contributed by atoms with Crippen molar-refractivity contribution in [2.75, 3.05) is 12.3 Å². The molecule has 1 aromatic carbocycles. The summed E-state index contributed by atoms with van der Waals surface area (Å²) < 4.78 is 29.0. The Kier molecular flexibility index (Phi) is 4.00. The van der Waals surface area contributed by atoms with E-state index in [1.54, 1.807) is 0 Å². The van der Waals surface area contributed by atoms with Gasteiger partial charge in [0.2, 0.25) is 0 Å². The summed E-state index contributed by atoms with van der Waals surface area (Å²) in [6.45, 7) is -0.989. The monoisotopic (exact) mass is 291 g/mol. The second-order valence-corrected chi connectivity index (χ2v) is 5.48. The molecule has 7 nitrogen and oxygen atoms in total. The van der Waals surface area contributed by atoms with Gasteiger partial charge in [-0.15, -0.1) is 0 Å². The fourth-order valence-electron chi connectivity index (χ4n) is 0.838. The van der Waals surface area contributed by atoms with Gasteiger partial charge in [0.05, 0.1) is 0 Å². The average molecular weight is 291 g/mol. The van der Waals surface area contributed by atoms with E-state index in [0.717, 1.165) is 0 Å². The summed E-state index contributed by atoms with van der Waals surface area (Å²) in [5.41, 5.74) is 5.85. The SMILES string of the molecule is Nc1ccc(O[As](=O)(O)OC(=O)CO)cc1. The van der Waals surface area contributed by atoms with Crippen LogP contribution >= 0.6 is 0 Å². The van der Waals surface area contributed by atoms with Gasteiger partial charge in [-0.1, -0.05) is 0 Å². The molecule has 0 aliphatic heterocycles. The van der Waals surface area contributed by atoms with Crippen molar-refractivity contribution in [3.8, 4) is 5.75 Å². The van der Waals surface area contributed by atoms with Crippen LogP contribution in [0, 0.1) is 0 Å². The Morgan fingerprint density at radius 3 is 2.44 bits per heavy atom. The fraction of sp³-hybridized carbons (Fsp3) is 0.125. The van der Waals surface area contributed by atoms with Crippen LogP contribution in [0.25, 0.3) is 0 Å². The molecule has 0 bridgehead atoms. The molecule has 0 amide bonds. The van der Waals surface area contributed by atoms with Gasteiger partial charge in [0.25, 0.3) is 0 Å². The van der Waals surface area contributed by atoms with Crippen LogP contribution in [-0.4, -0.2) is 36.3 Å². The Morgan fingerprint density at radius 2 is 1.94 bits per heavy atom. The molecular formula is C8H10AsNO6. The number of nitrogen functional groups attached to an aromatic ring is 1. The molecular weight excluding hydrogens is 281 g/mol. The number of aliphatic hydroxyl groups excluding tert-OH is 1. The molecule has 1 aromatic rings. The number of aliphatic hydroxyl groups is 1. The average Bonchev–Trinajstić information content (AvgIpc) is 2.20. The zero-order valence-electron chi connectivity index (χ0n) is 8.07. The van der Waals surface area contributed by atoms with Gasteiger partial charge in [0, 0.05) is 0 Å². The topological polar surface area (TPSA) is 119 Å². The molecule has 1 unspecified atom stereocenters. The van der Waals surface area contributed by atoms with Gasteiger partial charge < -0.3 is 0 Å². The summed E-state index contributed by atoms with van der Waals surface area (Å²) in [4.78, 5) is 10.6. The summed E-state index contributed by atoms with van der Waals surface area (Å²) in [5.74, 6) is -1.18. The molecule has 16 heavy (non-hydrogen) atoms. The van der Waals surface area contributed by atoms with Crippen molar-refractivity contribution in [3.63, 3.8) is 0 Å². The zero-order valence-corrected chi connectivity index (χ0v) is 9.95. The first kappa shape index (κ1) is 12.6.